The highest BCUT2D eigenvalue weighted by Gasteiger charge is 2.07. The van der Waals surface area contributed by atoms with E-state index < -0.39 is 0 Å². The fraction of sp³-hybridized carbons (Fsp3) is 0.158. The van der Waals surface area contributed by atoms with E-state index in [2.05, 4.69) is 20.3 Å². The fourth-order valence-corrected chi connectivity index (χ4v) is 2.46. The van der Waals surface area contributed by atoms with E-state index in [-0.39, 0.29) is 5.96 Å². The molecule has 0 aliphatic carbocycles. The number of ether oxygens (including phenoxy) is 2. The summed E-state index contributed by atoms with van der Waals surface area (Å²) in [7, 11) is 3.19. The van der Waals surface area contributed by atoms with Crippen molar-refractivity contribution in [2.24, 2.45) is 10.7 Å². The van der Waals surface area contributed by atoms with Crippen LogP contribution in [0.2, 0.25) is 0 Å². The Balaban J connectivity index is 1.69. The van der Waals surface area contributed by atoms with Crippen LogP contribution in [0.25, 0.3) is 11.3 Å². The topological polar surface area (TPSA) is 97.6 Å². The lowest BCUT2D eigenvalue weighted by Gasteiger charge is -2.12. The van der Waals surface area contributed by atoms with Crippen LogP contribution in [0, 0.1) is 0 Å². The zero-order valence-corrected chi connectivity index (χ0v) is 14.7. The van der Waals surface area contributed by atoms with Crippen molar-refractivity contribution in [3.8, 4) is 22.8 Å². The molecule has 0 aliphatic rings. The van der Waals surface area contributed by atoms with Gasteiger partial charge in [-0.15, -0.1) is 0 Å². The third-order valence-electron chi connectivity index (χ3n) is 3.78. The molecular formula is C19H21N5O2. The maximum atomic E-state index is 5.99. The average molecular weight is 351 g/mol. The fourth-order valence-electron chi connectivity index (χ4n) is 2.46. The zero-order valence-electron chi connectivity index (χ0n) is 14.7. The molecule has 7 nitrogen and oxygen atoms in total. The van der Waals surface area contributed by atoms with Crippen molar-refractivity contribution < 1.29 is 9.47 Å². The molecule has 3 aromatic rings. The van der Waals surface area contributed by atoms with E-state index in [1.807, 2.05) is 36.4 Å². The van der Waals surface area contributed by atoms with Gasteiger partial charge >= 0.3 is 0 Å². The quantitative estimate of drug-likeness (QED) is 0.468. The van der Waals surface area contributed by atoms with Crippen molar-refractivity contribution in [3.05, 3.63) is 60.6 Å². The molecule has 134 valence electrons. The van der Waals surface area contributed by atoms with Crippen molar-refractivity contribution in [2.45, 2.75) is 6.54 Å². The number of aliphatic imine (C=N–C) groups is 1. The SMILES string of the molecule is COc1ccc(OC)c(NC(N)=NCc2ncc(-c3ccccc3)[nH]2)c1. The normalized spacial score (nSPS) is 11.2. The third-order valence-corrected chi connectivity index (χ3v) is 3.78. The minimum absolute atomic E-state index is 0.259. The molecule has 0 atom stereocenters. The lowest BCUT2D eigenvalue weighted by atomic mass is 10.2. The molecule has 0 unspecified atom stereocenters. The summed E-state index contributed by atoms with van der Waals surface area (Å²) >= 11 is 0. The first-order chi connectivity index (χ1) is 12.7. The van der Waals surface area contributed by atoms with E-state index in [0.29, 0.717) is 23.7 Å². The number of nitrogens with one attached hydrogen (secondary N) is 2. The van der Waals surface area contributed by atoms with Gasteiger partial charge in [0.1, 0.15) is 23.9 Å². The Morgan fingerprint density at radius 1 is 1.15 bits per heavy atom. The summed E-state index contributed by atoms with van der Waals surface area (Å²) in [5.41, 5.74) is 8.68. The lowest BCUT2D eigenvalue weighted by molar-refractivity contribution is 0.405. The molecule has 1 aromatic heterocycles. The molecule has 0 saturated carbocycles. The van der Waals surface area contributed by atoms with E-state index in [1.54, 1.807) is 32.5 Å². The van der Waals surface area contributed by atoms with Crippen molar-refractivity contribution in [3.63, 3.8) is 0 Å². The maximum absolute atomic E-state index is 5.99. The van der Waals surface area contributed by atoms with Gasteiger partial charge in [-0.3, -0.25) is 0 Å². The van der Waals surface area contributed by atoms with Crippen LogP contribution in [0.1, 0.15) is 5.82 Å². The number of hydrogen-bond acceptors (Lipinski definition) is 4. The molecule has 3 rings (SSSR count). The van der Waals surface area contributed by atoms with Crippen molar-refractivity contribution in [1.82, 2.24) is 9.97 Å². The van der Waals surface area contributed by atoms with Gasteiger partial charge in [-0.25, -0.2) is 9.98 Å². The summed E-state index contributed by atoms with van der Waals surface area (Å²) in [6, 6.07) is 15.4. The summed E-state index contributed by atoms with van der Waals surface area (Å²) in [5.74, 6) is 2.33. The number of rotatable bonds is 6. The molecule has 26 heavy (non-hydrogen) atoms. The molecule has 0 aliphatic heterocycles. The molecule has 0 bridgehead atoms. The van der Waals surface area contributed by atoms with Gasteiger partial charge in [0, 0.05) is 6.07 Å². The second-order valence-corrected chi connectivity index (χ2v) is 5.50. The summed E-state index contributed by atoms with van der Waals surface area (Å²) in [4.78, 5) is 11.9. The van der Waals surface area contributed by atoms with Crippen LogP contribution in [0.3, 0.4) is 0 Å². The Kier molecular flexibility index (Phi) is 5.38. The first-order valence-electron chi connectivity index (χ1n) is 8.08. The molecule has 7 heteroatoms. The Morgan fingerprint density at radius 3 is 2.69 bits per heavy atom. The highest BCUT2D eigenvalue weighted by Crippen LogP contribution is 2.28. The number of aromatic amines is 1. The number of imidazole rings is 1. The number of nitrogens with zero attached hydrogens (tertiary/aromatic N) is 2. The van der Waals surface area contributed by atoms with E-state index in [0.717, 1.165) is 17.1 Å². The molecule has 0 saturated heterocycles. The molecular weight excluding hydrogens is 330 g/mol. The van der Waals surface area contributed by atoms with Crippen LogP contribution in [-0.2, 0) is 6.54 Å². The molecule has 0 radical (unpaired) electrons. The number of aromatic nitrogens is 2. The Bertz CT molecular complexity index is 890. The summed E-state index contributed by atoms with van der Waals surface area (Å²) in [5, 5.41) is 3.03. The first-order valence-corrected chi connectivity index (χ1v) is 8.08. The van der Waals surface area contributed by atoms with Crippen molar-refractivity contribution in [2.75, 3.05) is 19.5 Å². The highest BCUT2D eigenvalue weighted by atomic mass is 16.5. The van der Waals surface area contributed by atoms with Crippen molar-refractivity contribution >= 4 is 11.6 Å². The van der Waals surface area contributed by atoms with E-state index in [1.165, 1.54) is 0 Å². The number of nitrogens with two attached hydrogens (primary N) is 1. The summed E-state index contributed by atoms with van der Waals surface area (Å²) < 4.78 is 10.5. The van der Waals surface area contributed by atoms with Crippen LogP contribution >= 0.6 is 0 Å². The molecule has 2 aromatic carbocycles. The minimum atomic E-state index is 0.259. The average Bonchev–Trinajstić information content (AvgIpc) is 3.16. The smallest absolute Gasteiger partial charge is 0.193 e. The zero-order chi connectivity index (χ0) is 18.4. The van der Waals surface area contributed by atoms with Gasteiger partial charge in [0.05, 0.1) is 31.8 Å². The second-order valence-electron chi connectivity index (χ2n) is 5.50. The van der Waals surface area contributed by atoms with Gasteiger partial charge in [0.25, 0.3) is 0 Å². The third kappa shape index (κ3) is 4.13. The molecule has 0 fully saturated rings. The van der Waals surface area contributed by atoms with E-state index in [4.69, 9.17) is 15.2 Å². The molecule has 0 spiro atoms. The van der Waals surface area contributed by atoms with Gasteiger partial charge in [0.15, 0.2) is 5.96 Å². The number of methoxy groups -OCH3 is 2. The maximum Gasteiger partial charge on any atom is 0.193 e. The summed E-state index contributed by atoms with van der Waals surface area (Å²) in [6.45, 7) is 0.331. The highest BCUT2D eigenvalue weighted by molar-refractivity contribution is 5.93. The number of benzene rings is 2. The van der Waals surface area contributed by atoms with Crippen LogP contribution in [0.5, 0.6) is 11.5 Å². The van der Waals surface area contributed by atoms with Gasteiger partial charge in [-0.1, -0.05) is 30.3 Å². The van der Waals surface area contributed by atoms with Gasteiger partial charge in [-0.2, -0.15) is 0 Å². The monoisotopic (exact) mass is 351 g/mol. The number of hydrogen-bond donors (Lipinski definition) is 3. The van der Waals surface area contributed by atoms with Crippen LogP contribution in [0.4, 0.5) is 5.69 Å². The number of H-pyrrole nitrogens is 1. The predicted octanol–water partition coefficient (Wildman–Crippen LogP) is 3.02. The Morgan fingerprint density at radius 2 is 1.96 bits per heavy atom. The van der Waals surface area contributed by atoms with Gasteiger partial charge in [0.2, 0.25) is 0 Å². The largest absolute Gasteiger partial charge is 0.497 e. The van der Waals surface area contributed by atoms with Crippen LogP contribution < -0.4 is 20.5 Å². The van der Waals surface area contributed by atoms with E-state index >= 15 is 0 Å². The van der Waals surface area contributed by atoms with Crippen LogP contribution in [-0.4, -0.2) is 30.1 Å². The number of guanidine groups is 1. The van der Waals surface area contributed by atoms with Gasteiger partial charge < -0.3 is 25.5 Å². The predicted molar refractivity (Wildman–Crippen MR) is 103 cm³/mol. The second kappa shape index (κ2) is 8.06. The van der Waals surface area contributed by atoms with E-state index in [9.17, 15) is 0 Å². The Hall–Kier alpha value is -3.48. The van der Waals surface area contributed by atoms with Crippen molar-refractivity contribution in [1.29, 1.82) is 0 Å². The van der Waals surface area contributed by atoms with Crippen LogP contribution in [0.15, 0.2) is 59.7 Å². The molecule has 4 N–H and O–H groups in total. The lowest BCUT2D eigenvalue weighted by Crippen LogP contribution is -2.23. The summed E-state index contributed by atoms with van der Waals surface area (Å²) in [6.07, 6.45) is 1.79. The van der Waals surface area contributed by atoms with Gasteiger partial charge in [-0.05, 0) is 17.7 Å². The molecule has 1 heterocycles. The standard InChI is InChI=1S/C19H21N5O2/c1-25-14-8-9-17(26-2)15(10-14)24-19(20)22-12-18-21-11-16(23-18)13-6-4-3-5-7-13/h3-11H,12H2,1-2H3,(H,21,23)(H3,20,22,24). The molecule has 0 amide bonds. The Labute approximate surface area is 151 Å². The minimum Gasteiger partial charge on any atom is -0.497 e. The number of anilines is 1. The first kappa shape index (κ1) is 17.3.